The SMILES string of the molecule is CC(C)C[C@@H](C(=O)O)n1nc(Cl)cc(C(F)(F)F)c1=O. The summed E-state index contributed by atoms with van der Waals surface area (Å²) >= 11 is 5.45. The normalized spacial score (nSPS) is 13.6. The van der Waals surface area contributed by atoms with Crippen molar-refractivity contribution < 1.29 is 23.1 Å². The summed E-state index contributed by atoms with van der Waals surface area (Å²) in [5.74, 6) is -1.60. The number of carboxylic acid groups (broad SMARTS) is 1. The second-order valence-corrected chi connectivity index (χ2v) is 5.00. The summed E-state index contributed by atoms with van der Waals surface area (Å²) in [7, 11) is 0. The quantitative estimate of drug-likeness (QED) is 0.927. The van der Waals surface area contributed by atoms with Gasteiger partial charge in [0.2, 0.25) is 0 Å². The molecule has 0 bridgehead atoms. The van der Waals surface area contributed by atoms with Crippen LogP contribution in [0.3, 0.4) is 0 Å². The van der Waals surface area contributed by atoms with Crippen LogP contribution in [0.25, 0.3) is 0 Å². The van der Waals surface area contributed by atoms with Crippen LogP contribution in [-0.4, -0.2) is 20.9 Å². The summed E-state index contributed by atoms with van der Waals surface area (Å²) in [5.41, 5.74) is -3.05. The lowest BCUT2D eigenvalue weighted by Gasteiger charge is -2.18. The molecular formula is C11H12ClF3N2O3. The molecule has 0 fully saturated rings. The molecule has 1 N–H and O–H groups in total. The van der Waals surface area contributed by atoms with Crippen LogP contribution in [0.4, 0.5) is 13.2 Å². The third kappa shape index (κ3) is 3.72. The number of nitrogens with zero attached hydrogens (tertiary/aromatic N) is 2. The molecule has 112 valence electrons. The van der Waals surface area contributed by atoms with Crippen molar-refractivity contribution in [1.29, 1.82) is 0 Å². The number of rotatable bonds is 4. The Bertz CT molecular complexity index is 569. The molecule has 0 spiro atoms. The van der Waals surface area contributed by atoms with Gasteiger partial charge in [-0.05, 0) is 18.4 Å². The first-order valence-electron chi connectivity index (χ1n) is 5.63. The van der Waals surface area contributed by atoms with Crippen molar-refractivity contribution in [2.45, 2.75) is 32.5 Å². The Labute approximate surface area is 117 Å². The first-order chi connectivity index (χ1) is 9.04. The predicted octanol–water partition coefficient (Wildman–Crippen LogP) is 2.59. The van der Waals surface area contributed by atoms with E-state index in [1.165, 1.54) is 0 Å². The van der Waals surface area contributed by atoms with Gasteiger partial charge in [0.15, 0.2) is 11.2 Å². The molecule has 9 heteroatoms. The number of carbonyl (C=O) groups is 1. The van der Waals surface area contributed by atoms with Crippen LogP contribution in [0.2, 0.25) is 5.15 Å². The van der Waals surface area contributed by atoms with Crippen LogP contribution in [-0.2, 0) is 11.0 Å². The van der Waals surface area contributed by atoms with Crippen molar-refractivity contribution in [1.82, 2.24) is 9.78 Å². The highest BCUT2D eigenvalue weighted by Crippen LogP contribution is 2.28. The van der Waals surface area contributed by atoms with Crippen molar-refractivity contribution in [2.24, 2.45) is 5.92 Å². The van der Waals surface area contributed by atoms with E-state index >= 15 is 0 Å². The van der Waals surface area contributed by atoms with Gasteiger partial charge in [-0.15, -0.1) is 0 Å². The van der Waals surface area contributed by atoms with Gasteiger partial charge in [0, 0.05) is 0 Å². The average molecular weight is 313 g/mol. The van der Waals surface area contributed by atoms with E-state index in [0.717, 1.165) is 0 Å². The van der Waals surface area contributed by atoms with E-state index in [0.29, 0.717) is 6.07 Å². The fourth-order valence-corrected chi connectivity index (χ4v) is 1.84. The van der Waals surface area contributed by atoms with Crippen molar-refractivity contribution >= 4 is 17.6 Å². The van der Waals surface area contributed by atoms with E-state index in [-0.39, 0.29) is 17.0 Å². The zero-order valence-electron chi connectivity index (χ0n) is 10.6. The summed E-state index contributed by atoms with van der Waals surface area (Å²) in [5, 5.41) is 11.9. The van der Waals surface area contributed by atoms with E-state index < -0.39 is 34.5 Å². The van der Waals surface area contributed by atoms with Crippen LogP contribution < -0.4 is 5.56 Å². The molecule has 0 radical (unpaired) electrons. The molecule has 1 atom stereocenters. The lowest BCUT2D eigenvalue weighted by Crippen LogP contribution is -2.36. The molecule has 0 saturated heterocycles. The lowest BCUT2D eigenvalue weighted by molar-refractivity contribution is -0.144. The molecule has 0 aliphatic rings. The van der Waals surface area contributed by atoms with Gasteiger partial charge in [0.25, 0.3) is 5.56 Å². The Kier molecular flexibility index (Phi) is 4.80. The van der Waals surface area contributed by atoms with Gasteiger partial charge in [-0.3, -0.25) is 4.79 Å². The van der Waals surface area contributed by atoms with E-state index in [1.54, 1.807) is 13.8 Å². The second-order valence-electron chi connectivity index (χ2n) is 4.61. The molecular weight excluding hydrogens is 301 g/mol. The fourth-order valence-electron chi connectivity index (χ4n) is 1.65. The number of alkyl halides is 3. The molecule has 0 amide bonds. The Balaban J connectivity index is 3.47. The predicted molar refractivity (Wildman–Crippen MR) is 64.6 cm³/mol. The summed E-state index contributed by atoms with van der Waals surface area (Å²) in [6, 6.07) is -1.11. The van der Waals surface area contributed by atoms with Crippen LogP contribution in [0.1, 0.15) is 31.9 Å². The molecule has 1 aromatic heterocycles. The van der Waals surface area contributed by atoms with Crippen molar-refractivity contribution in [2.75, 3.05) is 0 Å². The topological polar surface area (TPSA) is 72.2 Å². The molecule has 1 aromatic rings. The highest BCUT2D eigenvalue weighted by molar-refractivity contribution is 6.29. The maximum absolute atomic E-state index is 12.7. The average Bonchev–Trinajstić information content (AvgIpc) is 2.26. The highest BCUT2D eigenvalue weighted by Gasteiger charge is 2.37. The zero-order chi connectivity index (χ0) is 15.7. The maximum atomic E-state index is 12.7. The van der Waals surface area contributed by atoms with Crippen molar-refractivity contribution in [3.63, 3.8) is 0 Å². The highest BCUT2D eigenvalue weighted by atomic mass is 35.5. The van der Waals surface area contributed by atoms with Gasteiger partial charge < -0.3 is 5.11 Å². The van der Waals surface area contributed by atoms with Crippen molar-refractivity contribution in [3.05, 3.63) is 27.1 Å². The third-order valence-corrected chi connectivity index (χ3v) is 2.67. The molecule has 0 aromatic carbocycles. The Morgan fingerprint density at radius 3 is 2.45 bits per heavy atom. The third-order valence-electron chi connectivity index (χ3n) is 2.49. The van der Waals surface area contributed by atoms with Crippen LogP contribution in [0.15, 0.2) is 10.9 Å². The van der Waals surface area contributed by atoms with Crippen LogP contribution in [0, 0.1) is 5.92 Å². The smallest absolute Gasteiger partial charge is 0.421 e. The summed E-state index contributed by atoms with van der Waals surface area (Å²) in [4.78, 5) is 22.9. The minimum atomic E-state index is -4.92. The molecule has 1 heterocycles. The molecule has 5 nitrogen and oxygen atoms in total. The van der Waals surface area contributed by atoms with E-state index in [9.17, 15) is 22.8 Å². The summed E-state index contributed by atoms with van der Waals surface area (Å²) in [6.07, 6.45) is -4.97. The number of hydrogen-bond donors (Lipinski definition) is 1. The van der Waals surface area contributed by atoms with Crippen molar-refractivity contribution in [3.8, 4) is 0 Å². The molecule has 20 heavy (non-hydrogen) atoms. The number of halogens is 4. The largest absolute Gasteiger partial charge is 0.480 e. The monoisotopic (exact) mass is 312 g/mol. The molecule has 0 aliphatic heterocycles. The minimum absolute atomic E-state index is 0.0418. The van der Waals surface area contributed by atoms with Gasteiger partial charge in [-0.2, -0.15) is 18.3 Å². The number of carboxylic acids is 1. The Morgan fingerprint density at radius 2 is 2.05 bits per heavy atom. The van der Waals surface area contributed by atoms with Crippen LogP contribution >= 0.6 is 11.6 Å². The van der Waals surface area contributed by atoms with E-state index in [4.69, 9.17) is 16.7 Å². The maximum Gasteiger partial charge on any atom is 0.421 e. The summed E-state index contributed by atoms with van der Waals surface area (Å²) < 4.78 is 38.4. The van der Waals surface area contributed by atoms with E-state index in [2.05, 4.69) is 5.10 Å². The number of hydrogen-bond acceptors (Lipinski definition) is 3. The van der Waals surface area contributed by atoms with E-state index in [1.807, 2.05) is 0 Å². The summed E-state index contributed by atoms with van der Waals surface area (Å²) in [6.45, 7) is 3.35. The Hall–Kier alpha value is -1.57. The molecule has 1 rings (SSSR count). The van der Waals surface area contributed by atoms with Gasteiger partial charge in [-0.1, -0.05) is 25.4 Å². The van der Waals surface area contributed by atoms with Gasteiger partial charge >= 0.3 is 12.1 Å². The number of aliphatic carboxylic acids is 1. The molecule has 0 saturated carbocycles. The van der Waals surface area contributed by atoms with Gasteiger partial charge in [0.1, 0.15) is 5.56 Å². The fraction of sp³-hybridized carbons (Fsp3) is 0.545. The zero-order valence-corrected chi connectivity index (χ0v) is 11.4. The molecule has 0 unspecified atom stereocenters. The number of aromatic nitrogens is 2. The van der Waals surface area contributed by atoms with Gasteiger partial charge in [-0.25, -0.2) is 9.48 Å². The first-order valence-corrected chi connectivity index (χ1v) is 6.01. The lowest BCUT2D eigenvalue weighted by atomic mass is 10.0. The Morgan fingerprint density at radius 1 is 1.50 bits per heavy atom. The molecule has 0 aliphatic carbocycles. The van der Waals surface area contributed by atoms with Crippen LogP contribution in [0.5, 0.6) is 0 Å². The minimum Gasteiger partial charge on any atom is -0.480 e. The second kappa shape index (κ2) is 5.82. The standard InChI is InChI=1S/C11H12ClF3N2O3/c1-5(2)3-7(10(19)20)17-9(18)6(11(13,14)15)4-8(12)16-17/h4-5,7H,3H2,1-2H3,(H,19,20)/t7-/m0/s1. The first kappa shape index (κ1) is 16.5. The van der Waals surface area contributed by atoms with Gasteiger partial charge in [0.05, 0.1) is 0 Å².